The second-order valence-electron chi connectivity index (χ2n) is 7.74. The van der Waals surface area contributed by atoms with E-state index in [1.807, 2.05) is 48.8 Å². The van der Waals surface area contributed by atoms with Crippen LogP contribution in [-0.2, 0) is 6.54 Å². The smallest absolute Gasteiger partial charge is 0.158 e. The largest absolute Gasteiger partial charge is 0.492 e. The van der Waals surface area contributed by atoms with E-state index in [4.69, 9.17) is 19.9 Å². The maximum absolute atomic E-state index is 6.22. The Balaban J connectivity index is 1.52. The summed E-state index contributed by atoms with van der Waals surface area (Å²) in [5.74, 6) is 0.882. The third kappa shape index (κ3) is 3.53. The zero-order valence-electron chi connectivity index (χ0n) is 17.0. The van der Waals surface area contributed by atoms with Crippen molar-refractivity contribution >= 4 is 21.9 Å². The van der Waals surface area contributed by atoms with Crippen LogP contribution in [0.5, 0.6) is 5.75 Å². The number of hydrogen-bond acceptors (Lipinski definition) is 6. The first kappa shape index (κ1) is 19.0. The molecule has 1 aromatic carbocycles. The van der Waals surface area contributed by atoms with Crippen LogP contribution in [0.3, 0.4) is 0 Å². The number of aromatic nitrogens is 2. The standard InChI is InChI=1S/C24H26N4O2/c25-11-3-4-14-28(20-10-15-29-22-8-5-12-27-23(20)22)16-19-24-18(9-13-26-19)17-6-1-2-7-21(17)30-24/h1-2,5-9,12-13,20H,3-4,10-11,14-16,25H2/t20-/m0/s1. The summed E-state index contributed by atoms with van der Waals surface area (Å²) in [6, 6.07) is 14.3. The molecule has 1 aliphatic rings. The highest BCUT2D eigenvalue weighted by Gasteiger charge is 2.29. The third-order valence-electron chi connectivity index (χ3n) is 5.82. The van der Waals surface area contributed by atoms with E-state index in [-0.39, 0.29) is 6.04 Å². The SMILES string of the molecule is NCCCCN(Cc1nccc2c1oc1ccccc12)[C@H]1CCOc2cccnc21. The van der Waals surface area contributed by atoms with Crippen LogP contribution in [0, 0.1) is 0 Å². The predicted molar refractivity (Wildman–Crippen MR) is 117 cm³/mol. The second-order valence-corrected chi connectivity index (χ2v) is 7.74. The normalized spacial score (nSPS) is 16.1. The molecular formula is C24H26N4O2. The summed E-state index contributed by atoms with van der Waals surface area (Å²) < 4.78 is 12.1. The van der Waals surface area contributed by atoms with Gasteiger partial charge in [0.2, 0.25) is 0 Å². The van der Waals surface area contributed by atoms with Crippen LogP contribution in [0.25, 0.3) is 21.9 Å². The average molecular weight is 402 g/mol. The first-order valence-corrected chi connectivity index (χ1v) is 10.6. The highest BCUT2D eigenvalue weighted by molar-refractivity contribution is 6.05. The Hall–Kier alpha value is -2.96. The van der Waals surface area contributed by atoms with Gasteiger partial charge in [-0.1, -0.05) is 18.2 Å². The molecule has 5 rings (SSSR count). The Labute approximate surface area is 175 Å². The van der Waals surface area contributed by atoms with Crippen LogP contribution in [0.15, 0.2) is 59.3 Å². The van der Waals surface area contributed by atoms with Crippen molar-refractivity contribution in [1.29, 1.82) is 0 Å². The van der Waals surface area contributed by atoms with Crippen molar-refractivity contribution < 1.29 is 9.15 Å². The lowest BCUT2D eigenvalue weighted by Gasteiger charge is -2.34. The van der Waals surface area contributed by atoms with E-state index in [1.165, 1.54) is 0 Å². The van der Waals surface area contributed by atoms with E-state index in [0.29, 0.717) is 19.7 Å². The van der Waals surface area contributed by atoms with Gasteiger partial charge in [-0.15, -0.1) is 0 Å². The number of pyridine rings is 2. The summed E-state index contributed by atoms with van der Waals surface area (Å²) in [6.07, 6.45) is 6.66. The van der Waals surface area contributed by atoms with Gasteiger partial charge in [-0.05, 0) is 50.2 Å². The molecule has 1 atom stereocenters. The molecule has 0 saturated heterocycles. The number of ether oxygens (including phenoxy) is 1. The maximum atomic E-state index is 6.22. The summed E-state index contributed by atoms with van der Waals surface area (Å²) in [5, 5.41) is 2.24. The summed E-state index contributed by atoms with van der Waals surface area (Å²) in [7, 11) is 0. The molecule has 0 aliphatic carbocycles. The zero-order valence-corrected chi connectivity index (χ0v) is 17.0. The Morgan fingerprint density at radius 1 is 1.00 bits per heavy atom. The molecule has 4 aromatic rings. The third-order valence-corrected chi connectivity index (χ3v) is 5.82. The Bertz CT molecular complexity index is 1160. The number of nitrogens with zero attached hydrogens (tertiary/aromatic N) is 3. The van der Waals surface area contributed by atoms with Gasteiger partial charge >= 0.3 is 0 Å². The molecular weight excluding hydrogens is 376 g/mol. The maximum Gasteiger partial charge on any atom is 0.158 e. The molecule has 0 saturated carbocycles. The summed E-state index contributed by atoms with van der Waals surface area (Å²) in [5.41, 5.74) is 9.50. The minimum Gasteiger partial charge on any atom is -0.492 e. The average Bonchev–Trinajstić information content (AvgIpc) is 3.18. The number of nitrogens with two attached hydrogens (primary N) is 1. The van der Waals surface area contributed by atoms with E-state index in [2.05, 4.69) is 16.0 Å². The van der Waals surface area contributed by atoms with Crippen molar-refractivity contribution in [3.63, 3.8) is 0 Å². The van der Waals surface area contributed by atoms with Gasteiger partial charge in [-0.25, -0.2) is 0 Å². The van der Waals surface area contributed by atoms with Gasteiger partial charge in [0, 0.05) is 36.1 Å². The van der Waals surface area contributed by atoms with Crippen LogP contribution < -0.4 is 10.5 Å². The summed E-state index contributed by atoms with van der Waals surface area (Å²) in [6.45, 7) is 3.02. The number of unbranched alkanes of at least 4 members (excludes halogenated alkanes) is 1. The molecule has 2 N–H and O–H groups in total. The molecule has 0 bridgehead atoms. The Kier molecular flexibility index (Phi) is 5.34. The summed E-state index contributed by atoms with van der Waals surface area (Å²) >= 11 is 0. The zero-order chi connectivity index (χ0) is 20.3. The van der Waals surface area contributed by atoms with E-state index in [1.54, 1.807) is 0 Å². The second kappa shape index (κ2) is 8.42. The first-order valence-electron chi connectivity index (χ1n) is 10.6. The molecule has 0 spiro atoms. The lowest BCUT2D eigenvalue weighted by molar-refractivity contribution is 0.126. The van der Waals surface area contributed by atoms with E-state index in [0.717, 1.165) is 64.9 Å². The molecule has 1 aliphatic heterocycles. The van der Waals surface area contributed by atoms with Gasteiger partial charge in [-0.2, -0.15) is 0 Å². The van der Waals surface area contributed by atoms with Crippen LogP contribution in [0.4, 0.5) is 0 Å². The van der Waals surface area contributed by atoms with Crippen LogP contribution in [-0.4, -0.2) is 34.6 Å². The molecule has 4 heterocycles. The minimum atomic E-state index is 0.189. The van der Waals surface area contributed by atoms with Crippen molar-refractivity contribution in [3.8, 4) is 5.75 Å². The topological polar surface area (TPSA) is 77.4 Å². The van der Waals surface area contributed by atoms with Crippen molar-refractivity contribution in [3.05, 3.63) is 66.2 Å². The Morgan fingerprint density at radius 3 is 2.87 bits per heavy atom. The fourth-order valence-corrected chi connectivity index (χ4v) is 4.36. The lowest BCUT2D eigenvalue weighted by Crippen LogP contribution is -2.34. The highest BCUT2D eigenvalue weighted by atomic mass is 16.5. The number of hydrogen-bond donors (Lipinski definition) is 1. The monoisotopic (exact) mass is 402 g/mol. The van der Waals surface area contributed by atoms with E-state index in [9.17, 15) is 0 Å². The van der Waals surface area contributed by atoms with Crippen LogP contribution in [0.2, 0.25) is 0 Å². The molecule has 0 fully saturated rings. The van der Waals surface area contributed by atoms with Gasteiger partial charge in [0.15, 0.2) is 5.58 Å². The van der Waals surface area contributed by atoms with Crippen molar-refractivity contribution in [2.75, 3.05) is 19.7 Å². The number of para-hydroxylation sites is 1. The number of rotatable bonds is 7. The molecule has 6 nitrogen and oxygen atoms in total. The Morgan fingerprint density at radius 2 is 1.93 bits per heavy atom. The minimum absolute atomic E-state index is 0.189. The van der Waals surface area contributed by atoms with E-state index >= 15 is 0 Å². The highest BCUT2D eigenvalue weighted by Crippen LogP contribution is 2.36. The van der Waals surface area contributed by atoms with Gasteiger partial charge in [0.1, 0.15) is 11.3 Å². The molecule has 154 valence electrons. The van der Waals surface area contributed by atoms with Gasteiger partial charge in [0.05, 0.1) is 24.0 Å². The van der Waals surface area contributed by atoms with Crippen LogP contribution in [0.1, 0.15) is 36.7 Å². The van der Waals surface area contributed by atoms with Crippen molar-refractivity contribution in [2.24, 2.45) is 5.73 Å². The van der Waals surface area contributed by atoms with Crippen molar-refractivity contribution in [2.45, 2.75) is 31.8 Å². The number of benzene rings is 1. The van der Waals surface area contributed by atoms with Crippen molar-refractivity contribution in [1.82, 2.24) is 14.9 Å². The lowest BCUT2D eigenvalue weighted by atomic mass is 10.0. The number of fused-ring (bicyclic) bond motifs is 4. The first-order chi connectivity index (χ1) is 14.8. The predicted octanol–water partition coefficient (Wildman–Crippen LogP) is 4.44. The molecule has 0 unspecified atom stereocenters. The number of furan rings is 1. The van der Waals surface area contributed by atoms with Gasteiger partial charge < -0.3 is 14.9 Å². The summed E-state index contributed by atoms with van der Waals surface area (Å²) in [4.78, 5) is 11.8. The van der Waals surface area contributed by atoms with Gasteiger partial charge in [0.25, 0.3) is 0 Å². The molecule has 0 radical (unpaired) electrons. The molecule has 0 amide bonds. The van der Waals surface area contributed by atoms with Gasteiger partial charge in [-0.3, -0.25) is 14.9 Å². The molecule has 30 heavy (non-hydrogen) atoms. The quantitative estimate of drug-likeness (QED) is 0.461. The fourth-order valence-electron chi connectivity index (χ4n) is 4.36. The van der Waals surface area contributed by atoms with E-state index < -0.39 is 0 Å². The fraction of sp³-hybridized carbons (Fsp3) is 0.333. The van der Waals surface area contributed by atoms with Crippen LogP contribution >= 0.6 is 0 Å². The molecule has 3 aromatic heterocycles. The molecule has 6 heteroatoms.